The van der Waals surface area contributed by atoms with Gasteiger partial charge in [0.1, 0.15) is 0 Å². The first-order chi connectivity index (χ1) is 11.3. The van der Waals surface area contributed by atoms with Crippen molar-refractivity contribution in [2.75, 3.05) is 6.54 Å². The molecule has 0 aliphatic carbocycles. The average molecular weight is 404 g/mol. The van der Waals surface area contributed by atoms with Crippen molar-refractivity contribution in [1.82, 2.24) is 4.41 Å². The summed E-state index contributed by atoms with van der Waals surface area (Å²) < 4.78 is 26.5. The second-order valence-corrected chi connectivity index (χ2v) is 8.57. The lowest BCUT2D eigenvalue weighted by Gasteiger charge is -2.14. The highest BCUT2D eigenvalue weighted by Crippen LogP contribution is 2.29. The number of rotatable bonds is 3. The molecule has 8 heteroatoms. The van der Waals surface area contributed by atoms with Crippen molar-refractivity contribution in [3.8, 4) is 0 Å². The lowest BCUT2D eigenvalue weighted by atomic mass is 10.00. The van der Waals surface area contributed by atoms with E-state index in [1.165, 1.54) is 24.3 Å². The topological polar surface area (TPSA) is 49.7 Å². The Bertz CT molecular complexity index is 911. The molecule has 0 amide bonds. The molecular weight excluding hydrogens is 391 g/mol. The monoisotopic (exact) mass is 402 g/mol. The zero-order valence-electron chi connectivity index (χ0n) is 12.6. The maximum atomic E-state index is 12.7. The first-order valence-electron chi connectivity index (χ1n) is 7.11. The fourth-order valence-electron chi connectivity index (χ4n) is 2.46. The van der Waals surface area contributed by atoms with Gasteiger partial charge in [-0.2, -0.15) is 17.9 Å². The highest BCUT2D eigenvalue weighted by Gasteiger charge is 2.32. The molecule has 1 aliphatic rings. The molecule has 4 nitrogen and oxygen atoms in total. The first-order valence-corrected chi connectivity index (χ1v) is 9.68. The Morgan fingerprint density at radius 3 is 2.33 bits per heavy atom. The maximum Gasteiger partial charge on any atom is 0.279 e. The Hall–Kier alpha value is -1.27. The minimum absolute atomic E-state index is 0.0654. The third-order valence-corrected chi connectivity index (χ3v) is 6.36. The van der Waals surface area contributed by atoms with Crippen molar-refractivity contribution in [3.05, 3.63) is 63.1 Å². The summed E-state index contributed by atoms with van der Waals surface area (Å²) in [5.74, 6) is -0.0654. The normalized spacial score (nSPS) is 17.9. The number of sulfonamides is 1. The molecule has 3 rings (SSSR count). The van der Waals surface area contributed by atoms with Crippen molar-refractivity contribution >= 4 is 50.5 Å². The van der Waals surface area contributed by atoms with E-state index in [2.05, 4.69) is 5.10 Å². The van der Waals surface area contributed by atoms with E-state index < -0.39 is 10.0 Å². The summed E-state index contributed by atoms with van der Waals surface area (Å²) in [6.07, 6.45) is 0. The lowest BCUT2D eigenvalue weighted by molar-refractivity contribution is 0.439. The zero-order chi connectivity index (χ0) is 17.5. The predicted molar refractivity (Wildman–Crippen MR) is 97.5 cm³/mol. The molecule has 2 aromatic rings. The molecule has 126 valence electrons. The van der Waals surface area contributed by atoms with Crippen LogP contribution in [0.1, 0.15) is 12.5 Å². The van der Waals surface area contributed by atoms with Gasteiger partial charge in [-0.15, -0.1) is 0 Å². The van der Waals surface area contributed by atoms with Crippen LogP contribution in [0.4, 0.5) is 0 Å². The number of halogens is 3. The molecule has 0 fully saturated rings. The van der Waals surface area contributed by atoms with Gasteiger partial charge >= 0.3 is 0 Å². The number of hydrazone groups is 1. The summed E-state index contributed by atoms with van der Waals surface area (Å²) in [4.78, 5) is 0.151. The van der Waals surface area contributed by atoms with Crippen LogP contribution in [0.5, 0.6) is 0 Å². The molecule has 0 saturated carbocycles. The van der Waals surface area contributed by atoms with E-state index in [-0.39, 0.29) is 17.4 Å². The van der Waals surface area contributed by atoms with Crippen LogP contribution in [0.15, 0.2) is 52.5 Å². The number of benzene rings is 2. The number of hydrogen-bond acceptors (Lipinski definition) is 3. The molecule has 0 saturated heterocycles. The second kappa shape index (κ2) is 6.56. The van der Waals surface area contributed by atoms with E-state index >= 15 is 0 Å². The molecule has 1 aliphatic heterocycles. The third kappa shape index (κ3) is 3.26. The fraction of sp³-hybridized carbons (Fsp3) is 0.188. The van der Waals surface area contributed by atoms with Gasteiger partial charge in [-0.3, -0.25) is 0 Å². The largest absolute Gasteiger partial charge is 0.279 e. The van der Waals surface area contributed by atoms with Gasteiger partial charge in [0.15, 0.2) is 0 Å². The fourth-order valence-corrected chi connectivity index (χ4v) is 4.22. The van der Waals surface area contributed by atoms with E-state index in [0.717, 1.165) is 9.98 Å². The predicted octanol–water partition coefficient (Wildman–Crippen LogP) is 4.69. The highest BCUT2D eigenvalue weighted by molar-refractivity contribution is 7.89. The average Bonchev–Trinajstić information content (AvgIpc) is 2.93. The van der Waals surface area contributed by atoms with Crippen molar-refractivity contribution in [2.45, 2.75) is 11.8 Å². The second-order valence-electron chi connectivity index (χ2n) is 5.48. The smallest absolute Gasteiger partial charge is 0.200 e. The molecule has 24 heavy (non-hydrogen) atoms. The Morgan fingerprint density at radius 2 is 1.71 bits per heavy atom. The first kappa shape index (κ1) is 17.5. The summed E-state index contributed by atoms with van der Waals surface area (Å²) in [5, 5.41) is 5.63. The minimum atomic E-state index is -3.72. The van der Waals surface area contributed by atoms with Gasteiger partial charge in [0.2, 0.25) is 0 Å². The van der Waals surface area contributed by atoms with Crippen LogP contribution in [-0.4, -0.2) is 25.1 Å². The summed E-state index contributed by atoms with van der Waals surface area (Å²) >= 11 is 17.8. The molecule has 0 unspecified atom stereocenters. The minimum Gasteiger partial charge on any atom is -0.200 e. The van der Waals surface area contributed by atoms with E-state index in [1.54, 1.807) is 18.2 Å². The molecule has 1 atom stereocenters. The Labute approximate surface area is 155 Å². The molecule has 0 bridgehead atoms. The van der Waals surface area contributed by atoms with Crippen LogP contribution >= 0.6 is 34.8 Å². The van der Waals surface area contributed by atoms with Crippen LogP contribution in [0.25, 0.3) is 0 Å². The highest BCUT2D eigenvalue weighted by atomic mass is 35.5. The molecule has 0 N–H and O–H groups in total. The van der Waals surface area contributed by atoms with Gasteiger partial charge in [0.25, 0.3) is 10.0 Å². The summed E-state index contributed by atoms with van der Waals surface area (Å²) in [6, 6.07) is 11.2. The van der Waals surface area contributed by atoms with Crippen LogP contribution in [0.3, 0.4) is 0 Å². The van der Waals surface area contributed by atoms with Gasteiger partial charge in [0, 0.05) is 10.9 Å². The van der Waals surface area contributed by atoms with Crippen molar-refractivity contribution in [3.63, 3.8) is 0 Å². The SMILES string of the molecule is C[C@H]1CN(S(=O)(=O)c2ccc(Cl)cc2)N=C1c1ccc(Cl)c(Cl)c1. The van der Waals surface area contributed by atoms with E-state index in [1.807, 2.05) is 6.92 Å². The van der Waals surface area contributed by atoms with Crippen LogP contribution in [0.2, 0.25) is 15.1 Å². The summed E-state index contributed by atoms with van der Waals surface area (Å²) in [5.41, 5.74) is 1.41. The zero-order valence-corrected chi connectivity index (χ0v) is 15.7. The van der Waals surface area contributed by atoms with Crippen molar-refractivity contribution in [1.29, 1.82) is 0 Å². The van der Waals surface area contributed by atoms with Crippen LogP contribution in [0, 0.1) is 5.92 Å². The van der Waals surface area contributed by atoms with Gasteiger partial charge in [-0.1, -0.05) is 47.8 Å². The van der Waals surface area contributed by atoms with Gasteiger partial charge < -0.3 is 0 Å². The Balaban J connectivity index is 1.97. The van der Waals surface area contributed by atoms with Crippen molar-refractivity contribution in [2.24, 2.45) is 11.0 Å². The number of nitrogens with zero attached hydrogens (tertiary/aromatic N) is 2. The van der Waals surface area contributed by atoms with E-state index in [0.29, 0.717) is 20.8 Å². The molecular formula is C16H13Cl3N2O2S. The van der Waals surface area contributed by atoms with Crippen LogP contribution in [-0.2, 0) is 10.0 Å². The summed E-state index contributed by atoms with van der Waals surface area (Å²) in [7, 11) is -3.72. The van der Waals surface area contributed by atoms with Gasteiger partial charge in [-0.05, 0) is 42.0 Å². The van der Waals surface area contributed by atoms with Gasteiger partial charge in [0.05, 0.1) is 27.2 Å². The van der Waals surface area contributed by atoms with Gasteiger partial charge in [-0.25, -0.2) is 0 Å². The summed E-state index contributed by atoms with van der Waals surface area (Å²) in [6.45, 7) is 2.18. The van der Waals surface area contributed by atoms with E-state index in [9.17, 15) is 8.42 Å². The quantitative estimate of drug-likeness (QED) is 0.746. The molecule has 0 radical (unpaired) electrons. The molecule has 0 spiro atoms. The molecule has 1 heterocycles. The molecule has 0 aromatic heterocycles. The Morgan fingerprint density at radius 1 is 1.04 bits per heavy atom. The Kier molecular flexibility index (Phi) is 4.80. The van der Waals surface area contributed by atoms with Crippen molar-refractivity contribution < 1.29 is 8.42 Å². The number of hydrogen-bond donors (Lipinski definition) is 0. The van der Waals surface area contributed by atoms with Crippen LogP contribution < -0.4 is 0 Å². The maximum absolute atomic E-state index is 12.7. The lowest BCUT2D eigenvalue weighted by Crippen LogP contribution is -2.25. The standard InChI is InChI=1S/C16H13Cl3N2O2S/c1-10-9-21(24(22,23)13-5-3-12(17)4-6-13)20-16(10)11-2-7-14(18)15(19)8-11/h2-8,10H,9H2,1H3/t10-/m0/s1. The third-order valence-electron chi connectivity index (χ3n) is 3.72. The van der Waals surface area contributed by atoms with E-state index in [4.69, 9.17) is 34.8 Å². The molecule has 2 aromatic carbocycles.